The first kappa shape index (κ1) is 11.8. The van der Waals surface area contributed by atoms with Crippen LogP contribution in [0.5, 0.6) is 0 Å². The Hall–Kier alpha value is -1.23. The second kappa shape index (κ2) is 5.61. The Bertz CT molecular complexity index is 469. The van der Waals surface area contributed by atoms with Gasteiger partial charge in [0.15, 0.2) is 0 Å². The van der Waals surface area contributed by atoms with Crippen molar-refractivity contribution in [2.24, 2.45) is 0 Å². The van der Waals surface area contributed by atoms with Gasteiger partial charge in [-0.15, -0.1) is 11.3 Å². The van der Waals surface area contributed by atoms with Crippen LogP contribution >= 0.6 is 11.3 Å². The Morgan fingerprint density at radius 3 is 3.00 bits per heavy atom. The van der Waals surface area contributed by atoms with E-state index in [4.69, 9.17) is 0 Å². The molecule has 2 heterocycles. The van der Waals surface area contributed by atoms with E-state index in [1.807, 2.05) is 5.51 Å². The summed E-state index contributed by atoms with van der Waals surface area (Å²) in [5.41, 5.74) is 4.47. The van der Waals surface area contributed by atoms with Crippen molar-refractivity contribution in [3.63, 3.8) is 0 Å². The van der Waals surface area contributed by atoms with Gasteiger partial charge in [-0.05, 0) is 5.56 Å². The number of hydrogen-bond donors (Lipinski definition) is 1. The Labute approximate surface area is 111 Å². The van der Waals surface area contributed by atoms with Crippen molar-refractivity contribution in [2.45, 2.75) is 12.6 Å². The molecular weight excluding hydrogens is 242 g/mol. The van der Waals surface area contributed by atoms with E-state index in [9.17, 15) is 0 Å². The molecule has 1 aliphatic rings. The van der Waals surface area contributed by atoms with Crippen LogP contribution < -0.4 is 5.32 Å². The maximum absolute atomic E-state index is 4.41. The van der Waals surface area contributed by atoms with Crippen LogP contribution in [0.1, 0.15) is 17.3 Å². The number of rotatable bonds is 3. The quantitative estimate of drug-likeness (QED) is 0.916. The van der Waals surface area contributed by atoms with Gasteiger partial charge in [0, 0.05) is 31.6 Å². The SMILES string of the molecule is c1ccc(CN2CCNC(c3cscn3)C2)cc1. The van der Waals surface area contributed by atoms with Crippen molar-refractivity contribution in [1.29, 1.82) is 0 Å². The van der Waals surface area contributed by atoms with Gasteiger partial charge in [-0.3, -0.25) is 4.90 Å². The summed E-state index contributed by atoms with van der Waals surface area (Å²) in [4.78, 5) is 6.91. The molecule has 4 heteroatoms. The van der Waals surface area contributed by atoms with Gasteiger partial charge in [0.2, 0.25) is 0 Å². The first-order valence-electron chi connectivity index (χ1n) is 6.29. The summed E-state index contributed by atoms with van der Waals surface area (Å²) in [6.45, 7) is 4.21. The second-order valence-electron chi connectivity index (χ2n) is 4.64. The molecule has 1 aliphatic heterocycles. The van der Waals surface area contributed by atoms with Crippen LogP contribution in [0.4, 0.5) is 0 Å². The molecular formula is C14H17N3S. The Morgan fingerprint density at radius 2 is 2.22 bits per heavy atom. The lowest BCUT2D eigenvalue weighted by Gasteiger charge is -2.33. The van der Waals surface area contributed by atoms with Gasteiger partial charge >= 0.3 is 0 Å². The molecule has 1 unspecified atom stereocenters. The minimum absolute atomic E-state index is 0.383. The first-order valence-corrected chi connectivity index (χ1v) is 7.24. The molecule has 1 saturated heterocycles. The van der Waals surface area contributed by atoms with Gasteiger partial charge in [-0.1, -0.05) is 30.3 Å². The highest BCUT2D eigenvalue weighted by atomic mass is 32.1. The second-order valence-corrected chi connectivity index (χ2v) is 5.36. The summed E-state index contributed by atoms with van der Waals surface area (Å²) >= 11 is 1.67. The maximum Gasteiger partial charge on any atom is 0.0795 e. The van der Waals surface area contributed by atoms with Crippen molar-refractivity contribution in [2.75, 3.05) is 19.6 Å². The molecule has 0 aliphatic carbocycles. The number of benzene rings is 1. The van der Waals surface area contributed by atoms with Crippen LogP contribution in [0.3, 0.4) is 0 Å². The molecule has 1 aromatic heterocycles. The number of hydrogen-bond acceptors (Lipinski definition) is 4. The highest BCUT2D eigenvalue weighted by molar-refractivity contribution is 7.07. The third kappa shape index (κ3) is 2.77. The highest BCUT2D eigenvalue weighted by Gasteiger charge is 2.21. The van der Waals surface area contributed by atoms with Gasteiger partial charge in [-0.2, -0.15) is 0 Å². The van der Waals surface area contributed by atoms with E-state index in [1.165, 1.54) is 11.3 Å². The fraction of sp³-hybridized carbons (Fsp3) is 0.357. The van der Waals surface area contributed by atoms with Crippen LogP contribution in [-0.2, 0) is 6.54 Å². The largest absolute Gasteiger partial charge is 0.306 e. The van der Waals surface area contributed by atoms with Gasteiger partial charge in [0.25, 0.3) is 0 Å². The van der Waals surface area contributed by atoms with Crippen molar-refractivity contribution in [1.82, 2.24) is 15.2 Å². The fourth-order valence-electron chi connectivity index (χ4n) is 2.39. The van der Waals surface area contributed by atoms with Gasteiger partial charge in [-0.25, -0.2) is 4.98 Å². The maximum atomic E-state index is 4.41. The average molecular weight is 259 g/mol. The Balaban J connectivity index is 1.64. The molecule has 1 atom stereocenters. The van der Waals surface area contributed by atoms with E-state index in [2.05, 4.69) is 50.9 Å². The predicted molar refractivity (Wildman–Crippen MR) is 74.6 cm³/mol. The summed E-state index contributed by atoms with van der Waals surface area (Å²) in [5.74, 6) is 0. The van der Waals surface area contributed by atoms with E-state index in [0.717, 1.165) is 26.2 Å². The Morgan fingerprint density at radius 1 is 1.33 bits per heavy atom. The number of aromatic nitrogens is 1. The number of nitrogens with one attached hydrogen (secondary N) is 1. The molecule has 18 heavy (non-hydrogen) atoms. The average Bonchev–Trinajstić information content (AvgIpc) is 2.94. The van der Waals surface area contributed by atoms with Crippen LogP contribution in [0, 0.1) is 0 Å². The molecule has 0 amide bonds. The van der Waals surface area contributed by atoms with E-state index in [0.29, 0.717) is 6.04 Å². The molecule has 0 saturated carbocycles. The van der Waals surface area contributed by atoms with Crippen molar-refractivity contribution >= 4 is 11.3 Å². The minimum atomic E-state index is 0.383. The Kier molecular flexibility index (Phi) is 3.69. The standard InChI is InChI=1S/C14H17N3S/c1-2-4-12(5-3-1)8-17-7-6-15-13(9-17)14-10-18-11-16-14/h1-5,10-11,13,15H,6-9H2. The van der Waals surface area contributed by atoms with E-state index in [1.54, 1.807) is 11.3 Å². The lowest BCUT2D eigenvalue weighted by molar-refractivity contribution is 0.191. The van der Waals surface area contributed by atoms with Crippen molar-refractivity contribution in [3.05, 3.63) is 52.5 Å². The summed E-state index contributed by atoms with van der Waals surface area (Å²) in [5, 5.41) is 5.68. The minimum Gasteiger partial charge on any atom is -0.306 e. The molecule has 1 aromatic carbocycles. The van der Waals surface area contributed by atoms with E-state index in [-0.39, 0.29) is 0 Å². The van der Waals surface area contributed by atoms with Gasteiger partial charge in [0.1, 0.15) is 0 Å². The monoisotopic (exact) mass is 259 g/mol. The molecule has 3 rings (SSSR count). The van der Waals surface area contributed by atoms with E-state index >= 15 is 0 Å². The summed E-state index contributed by atoms with van der Waals surface area (Å²) < 4.78 is 0. The number of piperazine rings is 1. The molecule has 3 nitrogen and oxygen atoms in total. The normalized spacial score (nSPS) is 21.0. The molecule has 1 fully saturated rings. The molecule has 1 N–H and O–H groups in total. The number of nitrogens with zero attached hydrogens (tertiary/aromatic N) is 2. The van der Waals surface area contributed by atoms with E-state index < -0.39 is 0 Å². The highest BCUT2D eigenvalue weighted by Crippen LogP contribution is 2.18. The van der Waals surface area contributed by atoms with Crippen LogP contribution in [0.25, 0.3) is 0 Å². The molecule has 0 bridgehead atoms. The van der Waals surface area contributed by atoms with Crippen LogP contribution in [0.2, 0.25) is 0 Å². The smallest absolute Gasteiger partial charge is 0.0795 e. The van der Waals surface area contributed by atoms with Gasteiger partial charge in [0.05, 0.1) is 17.2 Å². The lowest BCUT2D eigenvalue weighted by Crippen LogP contribution is -2.45. The fourth-order valence-corrected chi connectivity index (χ4v) is 3.00. The molecule has 0 spiro atoms. The predicted octanol–water partition coefficient (Wildman–Crippen LogP) is 2.29. The van der Waals surface area contributed by atoms with Crippen molar-refractivity contribution in [3.8, 4) is 0 Å². The topological polar surface area (TPSA) is 28.2 Å². The third-order valence-electron chi connectivity index (χ3n) is 3.32. The number of thiazole rings is 1. The molecule has 2 aromatic rings. The first-order chi connectivity index (χ1) is 8.92. The summed E-state index contributed by atoms with van der Waals surface area (Å²) in [7, 11) is 0. The zero-order chi connectivity index (χ0) is 12.2. The van der Waals surface area contributed by atoms with Crippen molar-refractivity contribution < 1.29 is 0 Å². The zero-order valence-electron chi connectivity index (χ0n) is 10.2. The van der Waals surface area contributed by atoms with Crippen LogP contribution in [-0.4, -0.2) is 29.5 Å². The third-order valence-corrected chi connectivity index (χ3v) is 3.92. The molecule has 0 radical (unpaired) electrons. The molecule has 94 valence electrons. The van der Waals surface area contributed by atoms with Gasteiger partial charge < -0.3 is 5.32 Å². The zero-order valence-corrected chi connectivity index (χ0v) is 11.1. The lowest BCUT2D eigenvalue weighted by atomic mass is 10.1. The van der Waals surface area contributed by atoms with Crippen LogP contribution in [0.15, 0.2) is 41.2 Å². The summed E-state index contributed by atoms with van der Waals surface area (Å²) in [6, 6.07) is 11.1. The summed E-state index contributed by atoms with van der Waals surface area (Å²) in [6.07, 6.45) is 0.